The Morgan fingerprint density at radius 1 is 1.38 bits per heavy atom. The number of hydrogen-bond donors (Lipinski definition) is 3. The summed E-state index contributed by atoms with van der Waals surface area (Å²) < 4.78 is 4.52. The molecule has 7 heteroatoms. The lowest BCUT2D eigenvalue weighted by molar-refractivity contribution is -0.134. The lowest BCUT2D eigenvalue weighted by Gasteiger charge is -2.05. The molecule has 3 N–H and O–H groups in total. The van der Waals surface area contributed by atoms with E-state index in [0.717, 1.165) is 6.92 Å². The zero-order chi connectivity index (χ0) is 12.6. The summed E-state index contributed by atoms with van der Waals surface area (Å²) in [6.45, 7) is 1.08. The predicted molar refractivity (Wildman–Crippen MR) is 56.0 cm³/mol. The molecule has 0 bridgehead atoms. The molecule has 0 fully saturated rings. The van der Waals surface area contributed by atoms with Crippen LogP contribution in [0.25, 0.3) is 0 Å². The largest absolute Gasteiger partial charge is 0.707 e. The van der Waals surface area contributed by atoms with Crippen LogP contribution in [0.2, 0.25) is 0 Å². The molecular formula is C9H11BO6. The molecule has 0 unspecified atom stereocenters. The van der Waals surface area contributed by atoms with Gasteiger partial charge in [0.1, 0.15) is 5.75 Å². The normalized spacial score (nSPS) is 8.44. The van der Waals surface area contributed by atoms with Gasteiger partial charge in [0.05, 0.1) is 5.56 Å². The van der Waals surface area contributed by atoms with Gasteiger partial charge in [-0.25, -0.2) is 0 Å². The monoisotopic (exact) mass is 226 g/mol. The van der Waals surface area contributed by atoms with E-state index < -0.39 is 13.3 Å². The molecule has 1 rings (SSSR count). The van der Waals surface area contributed by atoms with Gasteiger partial charge in [0.25, 0.3) is 5.97 Å². The number of hydrogen-bond acceptors (Lipinski definition) is 5. The van der Waals surface area contributed by atoms with Gasteiger partial charge in [-0.2, -0.15) is 0 Å². The van der Waals surface area contributed by atoms with Crippen molar-refractivity contribution in [3.05, 3.63) is 29.8 Å². The molecule has 16 heavy (non-hydrogen) atoms. The van der Waals surface area contributed by atoms with Gasteiger partial charge in [-0.3, -0.25) is 9.59 Å². The summed E-state index contributed by atoms with van der Waals surface area (Å²) >= 11 is 0. The topological polar surface area (TPSA) is 104 Å². The van der Waals surface area contributed by atoms with Crippen molar-refractivity contribution in [3.63, 3.8) is 0 Å². The SMILES string of the molecule is CC(=O)O.O=Cc1ccccc1OB(O)O. The quantitative estimate of drug-likeness (QED) is 0.492. The average molecular weight is 226 g/mol. The van der Waals surface area contributed by atoms with Crippen LogP contribution >= 0.6 is 0 Å². The van der Waals surface area contributed by atoms with Crippen molar-refractivity contribution in [1.82, 2.24) is 0 Å². The van der Waals surface area contributed by atoms with E-state index in [1.807, 2.05) is 0 Å². The summed E-state index contributed by atoms with van der Waals surface area (Å²) in [5.41, 5.74) is 0.283. The number of carbonyl (C=O) groups is 2. The standard InChI is InChI=1S/C7H7BO4.C2H4O2/c9-5-6-3-1-2-4-7(6)12-8(10)11;1-2(3)4/h1-5,10-11H;1H3,(H,3,4). The summed E-state index contributed by atoms with van der Waals surface area (Å²) in [6, 6.07) is 6.28. The van der Waals surface area contributed by atoms with E-state index in [1.54, 1.807) is 12.1 Å². The Morgan fingerprint density at radius 2 is 1.88 bits per heavy atom. The van der Waals surface area contributed by atoms with Gasteiger partial charge in [0.15, 0.2) is 6.29 Å². The third-order valence-electron chi connectivity index (χ3n) is 1.28. The second kappa shape index (κ2) is 7.44. The fourth-order valence-corrected chi connectivity index (χ4v) is 0.799. The van der Waals surface area contributed by atoms with Crippen molar-refractivity contribution in [2.75, 3.05) is 0 Å². The first-order valence-corrected chi connectivity index (χ1v) is 4.24. The highest BCUT2D eigenvalue weighted by molar-refractivity contribution is 6.33. The molecule has 0 saturated carbocycles. The first-order valence-electron chi connectivity index (χ1n) is 4.24. The van der Waals surface area contributed by atoms with Gasteiger partial charge in [0.2, 0.25) is 0 Å². The van der Waals surface area contributed by atoms with Crippen molar-refractivity contribution < 1.29 is 29.4 Å². The van der Waals surface area contributed by atoms with Crippen LogP contribution in [0.5, 0.6) is 5.75 Å². The minimum Gasteiger partial charge on any atom is -0.511 e. The molecule has 1 aromatic rings. The average Bonchev–Trinajstić information content (AvgIpc) is 2.17. The lowest BCUT2D eigenvalue weighted by atomic mass is 10.2. The van der Waals surface area contributed by atoms with Crippen LogP contribution in [0.15, 0.2) is 24.3 Å². The minimum absolute atomic E-state index is 0.155. The zero-order valence-electron chi connectivity index (χ0n) is 8.53. The molecule has 0 aliphatic rings. The van der Waals surface area contributed by atoms with E-state index in [-0.39, 0.29) is 11.3 Å². The van der Waals surface area contributed by atoms with Crippen LogP contribution in [-0.4, -0.2) is 34.7 Å². The number of carboxylic acid groups (broad SMARTS) is 1. The molecule has 0 amide bonds. The first kappa shape index (κ1) is 14.1. The number of benzene rings is 1. The third-order valence-corrected chi connectivity index (χ3v) is 1.28. The Bertz CT molecular complexity index is 348. The minimum atomic E-state index is -1.90. The van der Waals surface area contributed by atoms with E-state index in [1.165, 1.54) is 12.1 Å². The maximum absolute atomic E-state index is 10.4. The summed E-state index contributed by atoms with van der Waals surface area (Å²) in [5.74, 6) is -0.678. The fraction of sp³-hybridized carbons (Fsp3) is 0.111. The van der Waals surface area contributed by atoms with E-state index in [4.69, 9.17) is 19.9 Å². The summed E-state index contributed by atoms with van der Waals surface area (Å²) in [6.07, 6.45) is 0.581. The molecule has 0 atom stereocenters. The van der Waals surface area contributed by atoms with Crippen molar-refractivity contribution in [2.24, 2.45) is 0 Å². The Labute approximate surface area is 92.3 Å². The number of rotatable bonds is 3. The van der Waals surface area contributed by atoms with Gasteiger partial charge in [0, 0.05) is 6.92 Å². The predicted octanol–water partition coefficient (Wildman–Crippen LogP) is -0.0617. The second-order valence-corrected chi connectivity index (χ2v) is 2.62. The molecule has 0 spiro atoms. The lowest BCUT2D eigenvalue weighted by Crippen LogP contribution is -2.21. The molecule has 0 aliphatic heterocycles. The van der Waals surface area contributed by atoms with Gasteiger partial charge in [-0.05, 0) is 12.1 Å². The number of aliphatic carboxylic acids is 1. The van der Waals surface area contributed by atoms with Gasteiger partial charge in [-0.1, -0.05) is 12.1 Å². The molecule has 0 heterocycles. The molecule has 0 radical (unpaired) electrons. The molecule has 1 aromatic carbocycles. The maximum Gasteiger partial charge on any atom is 0.707 e. The molecule has 86 valence electrons. The van der Waals surface area contributed by atoms with Crippen LogP contribution in [0, 0.1) is 0 Å². The number of carboxylic acids is 1. The highest BCUT2D eigenvalue weighted by Crippen LogP contribution is 2.15. The zero-order valence-corrected chi connectivity index (χ0v) is 8.53. The smallest absolute Gasteiger partial charge is 0.511 e. The summed E-state index contributed by atoms with van der Waals surface area (Å²) in [4.78, 5) is 19.4. The molecule has 0 aromatic heterocycles. The van der Waals surface area contributed by atoms with Crippen LogP contribution in [0.3, 0.4) is 0 Å². The van der Waals surface area contributed by atoms with Gasteiger partial charge < -0.3 is 19.8 Å². The Balaban J connectivity index is 0.000000487. The number of para-hydroxylation sites is 1. The van der Waals surface area contributed by atoms with Crippen LogP contribution in [0.1, 0.15) is 17.3 Å². The summed E-state index contributed by atoms with van der Waals surface area (Å²) in [5, 5.41) is 24.3. The number of carbonyl (C=O) groups excluding carboxylic acids is 1. The van der Waals surface area contributed by atoms with Crippen LogP contribution in [-0.2, 0) is 4.79 Å². The second-order valence-electron chi connectivity index (χ2n) is 2.62. The molecule has 6 nitrogen and oxygen atoms in total. The number of aldehydes is 1. The van der Waals surface area contributed by atoms with Crippen LogP contribution < -0.4 is 4.65 Å². The van der Waals surface area contributed by atoms with Crippen molar-refractivity contribution >= 4 is 19.6 Å². The molecule has 0 saturated heterocycles. The van der Waals surface area contributed by atoms with Crippen molar-refractivity contribution in [3.8, 4) is 5.75 Å². The first-order chi connectivity index (χ1) is 7.47. The van der Waals surface area contributed by atoms with Crippen molar-refractivity contribution in [1.29, 1.82) is 0 Å². The summed E-state index contributed by atoms with van der Waals surface area (Å²) in [7, 11) is -1.90. The molecule has 0 aliphatic carbocycles. The molecular weight excluding hydrogens is 215 g/mol. The highest BCUT2D eigenvalue weighted by Gasteiger charge is 2.12. The van der Waals surface area contributed by atoms with Gasteiger partial charge in [-0.15, -0.1) is 0 Å². The van der Waals surface area contributed by atoms with Crippen molar-refractivity contribution in [2.45, 2.75) is 6.92 Å². The highest BCUT2D eigenvalue weighted by atomic mass is 16.6. The Morgan fingerprint density at radius 3 is 2.31 bits per heavy atom. The van der Waals surface area contributed by atoms with Gasteiger partial charge >= 0.3 is 7.32 Å². The van der Waals surface area contributed by atoms with E-state index in [9.17, 15) is 4.79 Å². The van der Waals surface area contributed by atoms with E-state index in [0.29, 0.717) is 6.29 Å². The maximum atomic E-state index is 10.4. The van der Waals surface area contributed by atoms with E-state index in [2.05, 4.69) is 4.65 Å². The van der Waals surface area contributed by atoms with Crippen LogP contribution in [0.4, 0.5) is 0 Å². The Hall–Kier alpha value is -1.86. The Kier molecular flexibility index (Phi) is 6.58. The fourth-order valence-electron chi connectivity index (χ4n) is 0.799. The van der Waals surface area contributed by atoms with E-state index >= 15 is 0 Å². The third kappa shape index (κ3) is 6.58.